The molecule has 0 heterocycles. The van der Waals surface area contributed by atoms with Crippen molar-refractivity contribution >= 4 is 11.9 Å². The molecule has 0 unspecified atom stereocenters. The molecular formula is C22H34O4. The minimum atomic E-state index is -0.407. The van der Waals surface area contributed by atoms with Gasteiger partial charge < -0.3 is 9.47 Å². The lowest BCUT2D eigenvalue weighted by Crippen LogP contribution is -2.52. The van der Waals surface area contributed by atoms with Crippen LogP contribution in [0.1, 0.15) is 73.1 Å². The molecule has 0 aliphatic heterocycles. The Labute approximate surface area is 158 Å². The fraction of sp³-hybridized carbons (Fsp3) is 0.727. The summed E-state index contributed by atoms with van der Waals surface area (Å²) in [5.41, 5.74) is 0.464. The van der Waals surface area contributed by atoms with E-state index in [0.29, 0.717) is 11.1 Å². The van der Waals surface area contributed by atoms with Gasteiger partial charge in [-0.25, -0.2) is 9.59 Å². The molecule has 4 rings (SSSR count). The molecule has 4 saturated carbocycles. The van der Waals surface area contributed by atoms with Gasteiger partial charge in [-0.2, -0.15) is 0 Å². The van der Waals surface area contributed by atoms with Crippen molar-refractivity contribution in [1.29, 1.82) is 0 Å². The summed E-state index contributed by atoms with van der Waals surface area (Å²) in [5.74, 6) is 1.96. The molecule has 26 heavy (non-hydrogen) atoms. The normalized spacial score (nSPS) is 31.5. The second-order valence-electron chi connectivity index (χ2n) is 9.55. The Balaban J connectivity index is 0.000000213. The van der Waals surface area contributed by atoms with Gasteiger partial charge in [0.2, 0.25) is 0 Å². The first-order chi connectivity index (χ1) is 11.9. The fourth-order valence-electron chi connectivity index (χ4n) is 4.81. The molecule has 0 aromatic heterocycles. The molecule has 0 amide bonds. The largest absolute Gasteiger partial charge is 0.457 e. The van der Waals surface area contributed by atoms with Crippen molar-refractivity contribution in [2.24, 2.45) is 17.8 Å². The Kier molecular flexibility index (Phi) is 6.04. The molecule has 0 aromatic carbocycles. The summed E-state index contributed by atoms with van der Waals surface area (Å²) in [6.45, 7) is 16.0. The van der Waals surface area contributed by atoms with Crippen molar-refractivity contribution in [1.82, 2.24) is 0 Å². The molecule has 4 aliphatic carbocycles. The van der Waals surface area contributed by atoms with E-state index >= 15 is 0 Å². The van der Waals surface area contributed by atoms with E-state index < -0.39 is 5.60 Å². The van der Waals surface area contributed by atoms with Crippen LogP contribution in [0.25, 0.3) is 0 Å². The van der Waals surface area contributed by atoms with E-state index in [9.17, 15) is 9.59 Å². The number of esters is 2. The Morgan fingerprint density at radius 1 is 0.846 bits per heavy atom. The maximum atomic E-state index is 11.7. The summed E-state index contributed by atoms with van der Waals surface area (Å²) in [6.07, 6.45) is 7.46. The smallest absolute Gasteiger partial charge is 0.333 e. The third-order valence-electron chi connectivity index (χ3n) is 5.39. The highest BCUT2D eigenvalue weighted by molar-refractivity contribution is 5.87. The zero-order valence-corrected chi connectivity index (χ0v) is 17.0. The minimum absolute atomic E-state index is 0.106. The highest BCUT2D eigenvalue weighted by atomic mass is 16.6. The molecule has 0 saturated heterocycles. The van der Waals surface area contributed by atoms with Gasteiger partial charge in [0.25, 0.3) is 0 Å². The standard InChI is InChI=1S/C14H20O2.C8H14O2/c1-9(2)13(15)16-14-6-10-3-11(7-14)5-12(4-10)8-14;1-6(2)7(9)10-8(3,4)5/h10-12H,1,3-8H2,2H3;1H2,2-5H3. The monoisotopic (exact) mass is 362 g/mol. The lowest BCUT2D eigenvalue weighted by atomic mass is 9.54. The first-order valence-corrected chi connectivity index (χ1v) is 9.67. The topological polar surface area (TPSA) is 52.6 Å². The van der Waals surface area contributed by atoms with Crippen molar-refractivity contribution in [3.63, 3.8) is 0 Å². The van der Waals surface area contributed by atoms with E-state index in [0.717, 1.165) is 37.0 Å². The van der Waals surface area contributed by atoms with Gasteiger partial charge in [0.05, 0.1) is 0 Å². The van der Waals surface area contributed by atoms with E-state index in [1.165, 1.54) is 19.3 Å². The Morgan fingerprint density at radius 2 is 1.23 bits per heavy atom. The van der Waals surface area contributed by atoms with Crippen LogP contribution in [0.5, 0.6) is 0 Å². The molecular weight excluding hydrogens is 328 g/mol. The maximum Gasteiger partial charge on any atom is 0.333 e. The summed E-state index contributed by atoms with van der Waals surface area (Å²) in [7, 11) is 0. The lowest BCUT2D eigenvalue weighted by molar-refractivity contribution is -0.182. The van der Waals surface area contributed by atoms with Crippen LogP contribution in [0.15, 0.2) is 24.3 Å². The molecule has 0 radical (unpaired) electrons. The predicted molar refractivity (Wildman–Crippen MR) is 102 cm³/mol. The van der Waals surface area contributed by atoms with Crippen LogP contribution in [0, 0.1) is 17.8 Å². The third-order valence-corrected chi connectivity index (χ3v) is 5.39. The highest BCUT2D eigenvalue weighted by Gasteiger charge is 2.53. The first-order valence-electron chi connectivity index (χ1n) is 9.67. The SMILES string of the molecule is C=C(C)C(=O)OC(C)(C)C.C=C(C)C(=O)OC12CC3CC(CC(C3)C1)C2. The van der Waals surface area contributed by atoms with E-state index in [4.69, 9.17) is 9.47 Å². The molecule has 146 valence electrons. The van der Waals surface area contributed by atoms with Crippen LogP contribution >= 0.6 is 0 Å². The molecule has 0 N–H and O–H groups in total. The van der Waals surface area contributed by atoms with Crippen LogP contribution < -0.4 is 0 Å². The minimum Gasteiger partial charge on any atom is -0.457 e. The van der Waals surface area contributed by atoms with Crippen LogP contribution in [-0.2, 0) is 19.1 Å². The Morgan fingerprint density at radius 3 is 1.50 bits per heavy atom. The average Bonchev–Trinajstić information content (AvgIpc) is 2.43. The Hall–Kier alpha value is -1.58. The second kappa shape index (κ2) is 7.58. The molecule has 4 bridgehead atoms. The number of ether oxygens (including phenoxy) is 2. The van der Waals surface area contributed by atoms with Crippen molar-refractivity contribution in [3.05, 3.63) is 24.3 Å². The van der Waals surface area contributed by atoms with E-state index in [1.54, 1.807) is 13.8 Å². The van der Waals surface area contributed by atoms with Crippen LogP contribution in [0.3, 0.4) is 0 Å². The maximum absolute atomic E-state index is 11.7. The van der Waals surface area contributed by atoms with Gasteiger partial charge in [0.15, 0.2) is 0 Å². The average molecular weight is 363 g/mol. The zero-order chi connectivity index (χ0) is 19.7. The van der Waals surface area contributed by atoms with Crippen molar-refractivity contribution in [2.75, 3.05) is 0 Å². The van der Waals surface area contributed by atoms with Crippen molar-refractivity contribution in [2.45, 2.75) is 84.3 Å². The predicted octanol–water partition coefficient (Wildman–Crippen LogP) is 4.98. The highest BCUT2D eigenvalue weighted by Crippen LogP contribution is 2.57. The number of carbonyl (C=O) groups is 2. The van der Waals surface area contributed by atoms with E-state index in [1.807, 2.05) is 20.8 Å². The number of hydrogen-bond acceptors (Lipinski definition) is 4. The molecule has 4 aliphatic rings. The van der Waals surface area contributed by atoms with Crippen molar-refractivity contribution < 1.29 is 19.1 Å². The third kappa shape index (κ3) is 5.46. The molecule has 0 spiro atoms. The first kappa shape index (κ1) is 20.7. The summed E-state index contributed by atoms with van der Waals surface area (Å²) in [5, 5.41) is 0. The van der Waals surface area contributed by atoms with Crippen LogP contribution in [0.2, 0.25) is 0 Å². The summed E-state index contributed by atoms with van der Waals surface area (Å²) in [4.78, 5) is 22.5. The second-order valence-corrected chi connectivity index (χ2v) is 9.55. The number of carbonyl (C=O) groups excluding carboxylic acids is 2. The molecule has 0 aromatic rings. The fourth-order valence-corrected chi connectivity index (χ4v) is 4.81. The van der Waals surface area contributed by atoms with Gasteiger partial charge >= 0.3 is 11.9 Å². The number of rotatable bonds is 3. The summed E-state index contributed by atoms with van der Waals surface area (Å²) >= 11 is 0. The van der Waals surface area contributed by atoms with Gasteiger partial charge in [-0.1, -0.05) is 13.2 Å². The van der Waals surface area contributed by atoms with Gasteiger partial charge in [0, 0.05) is 11.1 Å². The van der Waals surface area contributed by atoms with E-state index in [-0.39, 0.29) is 17.5 Å². The molecule has 4 fully saturated rings. The quantitative estimate of drug-likeness (QED) is 0.525. The van der Waals surface area contributed by atoms with Gasteiger partial charge in [-0.05, 0) is 90.9 Å². The van der Waals surface area contributed by atoms with Crippen molar-refractivity contribution in [3.8, 4) is 0 Å². The molecule has 4 nitrogen and oxygen atoms in total. The van der Waals surface area contributed by atoms with E-state index in [2.05, 4.69) is 13.2 Å². The summed E-state index contributed by atoms with van der Waals surface area (Å²) < 4.78 is 10.7. The van der Waals surface area contributed by atoms with Gasteiger partial charge in [-0.3, -0.25) is 0 Å². The van der Waals surface area contributed by atoms with Gasteiger partial charge in [0.1, 0.15) is 11.2 Å². The molecule has 4 heteroatoms. The Bertz CT molecular complexity index is 558. The summed E-state index contributed by atoms with van der Waals surface area (Å²) in [6, 6.07) is 0. The zero-order valence-electron chi connectivity index (χ0n) is 17.0. The van der Waals surface area contributed by atoms with Crippen LogP contribution in [0.4, 0.5) is 0 Å². The van der Waals surface area contributed by atoms with Crippen LogP contribution in [-0.4, -0.2) is 23.1 Å². The molecule has 0 atom stereocenters. The lowest BCUT2D eigenvalue weighted by Gasteiger charge is -2.55. The number of hydrogen-bond donors (Lipinski definition) is 0. The van der Waals surface area contributed by atoms with Gasteiger partial charge in [-0.15, -0.1) is 0 Å².